The summed E-state index contributed by atoms with van der Waals surface area (Å²) in [5.74, 6) is 0.387. The lowest BCUT2D eigenvalue weighted by atomic mass is 10.2. The molecule has 6 heteroatoms. The number of benzene rings is 1. The number of aryl methyl sites for hydroxylation is 1. The summed E-state index contributed by atoms with van der Waals surface area (Å²) in [7, 11) is 3.56. The molecule has 31 heavy (non-hydrogen) atoms. The van der Waals surface area contributed by atoms with Crippen molar-refractivity contribution in [2.45, 2.75) is 81.6 Å². The first kappa shape index (κ1) is 39.3. The first-order chi connectivity index (χ1) is 14.6. The normalized spacial score (nSPS) is 7.71. The van der Waals surface area contributed by atoms with Crippen LogP contribution in [0.25, 0.3) is 0 Å². The van der Waals surface area contributed by atoms with Gasteiger partial charge in [-0.1, -0.05) is 76.9 Å². The fourth-order valence-corrected chi connectivity index (χ4v) is 0.960. The maximum absolute atomic E-state index is 10.1. The van der Waals surface area contributed by atoms with Crippen LogP contribution >= 0.6 is 0 Å². The molecule has 0 radical (unpaired) electrons. The summed E-state index contributed by atoms with van der Waals surface area (Å²) >= 11 is 0. The van der Waals surface area contributed by atoms with Crippen LogP contribution in [0.3, 0.4) is 0 Å². The second kappa shape index (κ2) is 38.4. The van der Waals surface area contributed by atoms with Gasteiger partial charge in [-0.15, -0.1) is 0 Å². The van der Waals surface area contributed by atoms with Crippen molar-refractivity contribution in [1.82, 2.24) is 16.0 Å². The number of hydrogen-bond acceptors (Lipinski definition) is 4. The summed E-state index contributed by atoms with van der Waals surface area (Å²) in [6.07, 6.45) is 2.50. The van der Waals surface area contributed by atoms with E-state index in [0.717, 1.165) is 13.1 Å². The second-order valence-electron chi connectivity index (χ2n) is 6.24. The first-order valence-electron chi connectivity index (χ1n) is 11.2. The third-order valence-electron chi connectivity index (χ3n) is 2.82. The highest BCUT2D eigenvalue weighted by molar-refractivity contribution is 5.75. The Balaban J connectivity index is -0.0000000891. The topological polar surface area (TPSA) is 87.3 Å². The van der Waals surface area contributed by atoms with Gasteiger partial charge in [0.15, 0.2) is 0 Å². The minimum absolute atomic E-state index is 0.0394. The smallest absolute Gasteiger partial charge is 0.219 e. The van der Waals surface area contributed by atoms with Crippen LogP contribution < -0.4 is 16.0 Å². The van der Waals surface area contributed by atoms with E-state index in [1.807, 2.05) is 46.0 Å². The van der Waals surface area contributed by atoms with Gasteiger partial charge in [0.05, 0.1) is 0 Å². The summed E-state index contributed by atoms with van der Waals surface area (Å²) in [4.78, 5) is 29.8. The van der Waals surface area contributed by atoms with Crippen LogP contribution in [0.5, 0.6) is 0 Å². The van der Waals surface area contributed by atoms with Gasteiger partial charge >= 0.3 is 0 Å². The maximum atomic E-state index is 10.1. The van der Waals surface area contributed by atoms with Crippen LogP contribution in [-0.4, -0.2) is 44.8 Å². The summed E-state index contributed by atoms with van der Waals surface area (Å²) in [6, 6.07) is 10.3. The van der Waals surface area contributed by atoms with Gasteiger partial charge in [-0.25, -0.2) is 0 Å². The van der Waals surface area contributed by atoms with E-state index in [-0.39, 0.29) is 17.6 Å². The van der Waals surface area contributed by atoms with Gasteiger partial charge < -0.3 is 20.7 Å². The molecule has 0 aliphatic carbocycles. The molecule has 1 aromatic rings. The van der Waals surface area contributed by atoms with Crippen LogP contribution in [0.1, 0.15) is 80.2 Å². The fraction of sp³-hybridized carbons (Fsp3) is 0.640. The minimum atomic E-state index is 0.0394. The Kier molecular flexibility index (Phi) is 48.7. The Hall–Kier alpha value is -2.21. The molecule has 0 atom stereocenters. The SMILES string of the molecule is CCC.CCC(=O)NC.CCC(C)=O.CCNC.CCNC(C)=O.Cc1ccccc1. The van der Waals surface area contributed by atoms with E-state index < -0.39 is 0 Å². The van der Waals surface area contributed by atoms with Crippen molar-refractivity contribution in [1.29, 1.82) is 0 Å². The van der Waals surface area contributed by atoms with Gasteiger partial charge in [-0.2, -0.15) is 0 Å². The van der Waals surface area contributed by atoms with Crippen molar-refractivity contribution < 1.29 is 14.4 Å². The van der Waals surface area contributed by atoms with E-state index in [1.165, 1.54) is 18.9 Å². The summed E-state index contributed by atoms with van der Waals surface area (Å²) in [5, 5.41) is 7.98. The Labute approximate surface area is 193 Å². The van der Waals surface area contributed by atoms with E-state index >= 15 is 0 Å². The molecule has 0 fully saturated rings. The predicted octanol–water partition coefficient (Wildman–Crippen LogP) is 4.91. The summed E-state index contributed by atoms with van der Waals surface area (Å²) < 4.78 is 0. The lowest BCUT2D eigenvalue weighted by molar-refractivity contribution is -0.120. The van der Waals surface area contributed by atoms with Crippen LogP contribution in [0, 0.1) is 6.92 Å². The molecule has 0 saturated carbocycles. The molecule has 1 aromatic carbocycles. The Morgan fingerprint density at radius 2 is 1.16 bits per heavy atom. The quantitative estimate of drug-likeness (QED) is 0.620. The molecule has 2 amide bonds. The van der Waals surface area contributed by atoms with E-state index in [9.17, 15) is 14.4 Å². The van der Waals surface area contributed by atoms with Gasteiger partial charge in [0, 0.05) is 33.4 Å². The van der Waals surface area contributed by atoms with Gasteiger partial charge in [0.2, 0.25) is 11.8 Å². The monoisotopic (exact) mass is 441 g/mol. The molecule has 0 unspecified atom stereocenters. The number of amides is 2. The third-order valence-corrected chi connectivity index (χ3v) is 2.82. The van der Waals surface area contributed by atoms with Crippen molar-refractivity contribution in [2.24, 2.45) is 0 Å². The van der Waals surface area contributed by atoms with Crippen molar-refractivity contribution in [3.63, 3.8) is 0 Å². The zero-order chi connectivity index (χ0) is 25.5. The molecule has 0 aliphatic rings. The molecule has 0 bridgehead atoms. The minimum Gasteiger partial charge on any atom is -0.359 e. The fourth-order valence-electron chi connectivity index (χ4n) is 0.960. The lowest BCUT2D eigenvalue weighted by Crippen LogP contribution is -2.18. The Morgan fingerprint density at radius 3 is 1.23 bits per heavy atom. The van der Waals surface area contributed by atoms with Crippen molar-refractivity contribution in [2.75, 3.05) is 27.2 Å². The highest BCUT2D eigenvalue weighted by Gasteiger charge is 1.84. The second-order valence-corrected chi connectivity index (χ2v) is 6.24. The van der Waals surface area contributed by atoms with Crippen LogP contribution in [0.4, 0.5) is 0 Å². The number of ketones is 1. The van der Waals surface area contributed by atoms with E-state index in [4.69, 9.17) is 0 Å². The molecule has 6 nitrogen and oxygen atoms in total. The van der Waals surface area contributed by atoms with Crippen LogP contribution in [-0.2, 0) is 14.4 Å². The molecule has 0 aliphatic heterocycles. The molecular formula is C25H51N3O3. The lowest BCUT2D eigenvalue weighted by Gasteiger charge is -1.88. The van der Waals surface area contributed by atoms with E-state index in [0.29, 0.717) is 12.8 Å². The molecule has 0 heterocycles. The number of nitrogens with one attached hydrogen (secondary N) is 3. The number of rotatable bonds is 4. The first-order valence-corrected chi connectivity index (χ1v) is 11.2. The summed E-state index contributed by atoms with van der Waals surface area (Å²) in [5.41, 5.74) is 1.32. The maximum Gasteiger partial charge on any atom is 0.219 e. The number of carbonyl (C=O) groups is 3. The summed E-state index contributed by atoms with van der Waals surface area (Å²) in [6.45, 7) is 18.8. The molecule has 0 spiro atoms. The molecule has 0 aromatic heterocycles. The number of carbonyl (C=O) groups excluding carboxylic acids is 3. The zero-order valence-electron chi connectivity index (χ0n) is 22.1. The van der Waals surface area contributed by atoms with Crippen molar-refractivity contribution in [3.8, 4) is 0 Å². The van der Waals surface area contributed by atoms with Crippen molar-refractivity contribution >= 4 is 17.6 Å². The average molecular weight is 442 g/mol. The standard InChI is InChI=1S/C7H8.2C4H9NO.C4H8O.C3H9N.C3H8/c1-7-5-3-2-4-6-7;1-3-4(6)5-2;1-3-5-4(2)6;1-3-4(2)5;1-3-4-2;1-3-2/h2-6H,1H3;2*3H2,1-2H3,(H,5,6);3H2,1-2H3;4H,3H2,1-2H3;3H2,1-2H3. The largest absolute Gasteiger partial charge is 0.359 e. The molecule has 3 N–H and O–H groups in total. The van der Waals surface area contributed by atoms with Crippen LogP contribution in [0.15, 0.2) is 30.3 Å². The van der Waals surface area contributed by atoms with Gasteiger partial charge in [0.25, 0.3) is 0 Å². The Morgan fingerprint density at radius 1 is 0.774 bits per heavy atom. The van der Waals surface area contributed by atoms with Gasteiger partial charge in [0.1, 0.15) is 5.78 Å². The van der Waals surface area contributed by atoms with E-state index in [2.05, 4.69) is 55.8 Å². The number of hydrogen-bond donors (Lipinski definition) is 3. The average Bonchev–Trinajstić information content (AvgIpc) is 2.75. The highest BCUT2D eigenvalue weighted by atomic mass is 16.2. The van der Waals surface area contributed by atoms with E-state index in [1.54, 1.807) is 14.0 Å². The molecule has 184 valence electrons. The molecule has 0 saturated heterocycles. The van der Waals surface area contributed by atoms with Crippen molar-refractivity contribution in [3.05, 3.63) is 35.9 Å². The predicted molar refractivity (Wildman–Crippen MR) is 136 cm³/mol. The zero-order valence-corrected chi connectivity index (χ0v) is 22.1. The molecule has 1 rings (SSSR count). The highest BCUT2D eigenvalue weighted by Crippen LogP contribution is 1.92. The third kappa shape index (κ3) is 74.1. The van der Waals surface area contributed by atoms with Crippen LogP contribution in [0.2, 0.25) is 0 Å². The Bertz CT molecular complexity index is 470. The molecular weight excluding hydrogens is 390 g/mol. The number of Topliss-reactive ketones (excluding diaryl/α,β-unsaturated/α-hetero) is 1. The van der Waals surface area contributed by atoms with Gasteiger partial charge in [-0.3, -0.25) is 9.59 Å². The van der Waals surface area contributed by atoms with Gasteiger partial charge in [-0.05, 0) is 34.4 Å².